The van der Waals surface area contributed by atoms with Crippen LogP contribution in [-0.4, -0.2) is 6.61 Å². The Bertz CT molecular complexity index is 319. The van der Waals surface area contributed by atoms with Crippen molar-refractivity contribution in [2.24, 2.45) is 5.41 Å². The molecule has 0 N–H and O–H groups in total. The second-order valence-electron chi connectivity index (χ2n) is 4.32. The lowest BCUT2D eigenvalue weighted by molar-refractivity contribution is 0.103. The third-order valence-electron chi connectivity index (χ3n) is 2.37. The van der Waals surface area contributed by atoms with Gasteiger partial charge >= 0.3 is 0 Å². The first-order chi connectivity index (χ1) is 7.14. The van der Waals surface area contributed by atoms with Crippen LogP contribution in [0.1, 0.15) is 25.8 Å². The molecule has 80 valence electrons. The van der Waals surface area contributed by atoms with Crippen molar-refractivity contribution in [3.63, 3.8) is 0 Å². The van der Waals surface area contributed by atoms with Gasteiger partial charge in [-0.25, -0.2) is 0 Å². The van der Waals surface area contributed by atoms with E-state index in [2.05, 4.69) is 31.9 Å². The largest absolute Gasteiger partial charge is 0.377 e. The first kappa shape index (κ1) is 11.8. The van der Waals surface area contributed by atoms with Gasteiger partial charge < -0.3 is 4.74 Å². The van der Waals surface area contributed by atoms with Gasteiger partial charge in [-0.2, -0.15) is 0 Å². The second kappa shape index (κ2) is 5.58. The quantitative estimate of drug-likeness (QED) is 0.526. The molecule has 0 atom stereocenters. The lowest BCUT2D eigenvalue weighted by atomic mass is 9.91. The summed E-state index contributed by atoms with van der Waals surface area (Å²) in [6.07, 6.45) is 6.29. The fourth-order valence-electron chi connectivity index (χ4n) is 1.16. The van der Waals surface area contributed by atoms with Gasteiger partial charge in [0.15, 0.2) is 0 Å². The van der Waals surface area contributed by atoms with Crippen LogP contribution in [0.3, 0.4) is 0 Å². The SMILES string of the molecule is C#CC(C)(C)CCOCc1ccccc1. The first-order valence-corrected chi connectivity index (χ1v) is 5.23. The van der Waals surface area contributed by atoms with E-state index >= 15 is 0 Å². The summed E-state index contributed by atoms with van der Waals surface area (Å²) in [5.74, 6) is 2.76. The van der Waals surface area contributed by atoms with Crippen molar-refractivity contribution in [3.8, 4) is 12.3 Å². The molecule has 0 aromatic heterocycles. The van der Waals surface area contributed by atoms with Gasteiger partial charge in [0.2, 0.25) is 0 Å². The van der Waals surface area contributed by atoms with E-state index in [0.717, 1.165) is 6.42 Å². The lowest BCUT2D eigenvalue weighted by Gasteiger charge is -2.16. The van der Waals surface area contributed by atoms with E-state index in [9.17, 15) is 0 Å². The Labute approximate surface area is 92.5 Å². The van der Waals surface area contributed by atoms with Gasteiger partial charge in [-0.1, -0.05) is 30.3 Å². The minimum absolute atomic E-state index is 0.0588. The first-order valence-electron chi connectivity index (χ1n) is 5.23. The Morgan fingerprint density at radius 2 is 1.93 bits per heavy atom. The Hall–Kier alpha value is -1.26. The topological polar surface area (TPSA) is 9.23 Å². The zero-order valence-electron chi connectivity index (χ0n) is 9.49. The van der Waals surface area contributed by atoms with E-state index in [4.69, 9.17) is 11.2 Å². The maximum Gasteiger partial charge on any atom is 0.0716 e. The third-order valence-corrected chi connectivity index (χ3v) is 2.37. The monoisotopic (exact) mass is 202 g/mol. The molecule has 0 heterocycles. The molecular weight excluding hydrogens is 184 g/mol. The Morgan fingerprint density at radius 3 is 2.53 bits per heavy atom. The van der Waals surface area contributed by atoms with Gasteiger partial charge in [0.05, 0.1) is 6.61 Å². The molecule has 1 rings (SSSR count). The number of hydrogen-bond acceptors (Lipinski definition) is 1. The van der Waals surface area contributed by atoms with Crippen molar-refractivity contribution < 1.29 is 4.74 Å². The highest BCUT2D eigenvalue weighted by molar-refractivity contribution is 5.13. The average molecular weight is 202 g/mol. The van der Waals surface area contributed by atoms with Crippen LogP contribution >= 0.6 is 0 Å². The summed E-state index contributed by atoms with van der Waals surface area (Å²) < 4.78 is 5.56. The molecule has 1 aromatic rings. The molecule has 1 nitrogen and oxygen atoms in total. The molecule has 0 saturated heterocycles. The standard InChI is InChI=1S/C14H18O/c1-4-14(2,3)10-11-15-12-13-8-6-5-7-9-13/h1,5-9H,10-12H2,2-3H3. The van der Waals surface area contributed by atoms with E-state index < -0.39 is 0 Å². The van der Waals surface area contributed by atoms with Crippen LogP contribution in [0, 0.1) is 17.8 Å². The molecule has 0 unspecified atom stereocenters. The lowest BCUT2D eigenvalue weighted by Crippen LogP contribution is -2.11. The summed E-state index contributed by atoms with van der Waals surface area (Å²) >= 11 is 0. The van der Waals surface area contributed by atoms with Crippen LogP contribution in [0.15, 0.2) is 30.3 Å². The minimum atomic E-state index is -0.0588. The molecule has 15 heavy (non-hydrogen) atoms. The van der Waals surface area contributed by atoms with E-state index in [1.54, 1.807) is 0 Å². The van der Waals surface area contributed by atoms with Crippen LogP contribution in [0.2, 0.25) is 0 Å². The predicted molar refractivity (Wildman–Crippen MR) is 63.3 cm³/mol. The second-order valence-corrected chi connectivity index (χ2v) is 4.32. The molecule has 0 aliphatic rings. The van der Waals surface area contributed by atoms with E-state index in [1.807, 2.05) is 18.2 Å². The molecule has 0 amide bonds. The number of terminal acetylenes is 1. The van der Waals surface area contributed by atoms with Gasteiger partial charge in [-0.3, -0.25) is 0 Å². The van der Waals surface area contributed by atoms with Crippen LogP contribution < -0.4 is 0 Å². The van der Waals surface area contributed by atoms with Gasteiger partial charge in [0, 0.05) is 12.0 Å². The Morgan fingerprint density at radius 1 is 1.27 bits per heavy atom. The van der Waals surface area contributed by atoms with Gasteiger partial charge in [0.1, 0.15) is 0 Å². The fraction of sp³-hybridized carbons (Fsp3) is 0.429. The number of ether oxygens (including phenoxy) is 1. The molecule has 1 heteroatoms. The Balaban J connectivity index is 2.21. The van der Waals surface area contributed by atoms with Gasteiger partial charge in [-0.05, 0) is 25.8 Å². The third kappa shape index (κ3) is 4.67. The summed E-state index contributed by atoms with van der Waals surface area (Å²) in [6.45, 7) is 5.49. The summed E-state index contributed by atoms with van der Waals surface area (Å²) in [5.41, 5.74) is 1.15. The van der Waals surface area contributed by atoms with Crippen molar-refractivity contribution in [3.05, 3.63) is 35.9 Å². The molecule has 0 saturated carbocycles. The van der Waals surface area contributed by atoms with E-state index in [0.29, 0.717) is 13.2 Å². The summed E-state index contributed by atoms with van der Waals surface area (Å²) in [7, 11) is 0. The van der Waals surface area contributed by atoms with Gasteiger partial charge in [-0.15, -0.1) is 12.3 Å². The number of hydrogen-bond donors (Lipinski definition) is 0. The van der Waals surface area contributed by atoms with E-state index in [1.165, 1.54) is 5.56 Å². The van der Waals surface area contributed by atoms with Crippen molar-refractivity contribution >= 4 is 0 Å². The predicted octanol–water partition coefficient (Wildman–Crippen LogP) is 3.25. The molecule has 0 fully saturated rings. The van der Waals surface area contributed by atoms with Crippen LogP contribution in [0.5, 0.6) is 0 Å². The highest BCUT2D eigenvalue weighted by Gasteiger charge is 2.12. The smallest absolute Gasteiger partial charge is 0.0716 e. The van der Waals surface area contributed by atoms with E-state index in [-0.39, 0.29) is 5.41 Å². The highest BCUT2D eigenvalue weighted by Crippen LogP contribution is 2.18. The molecule has 0 spiro atoms. The summed E-state index contributed by atoms with van der Waals surface area (Å²) in [4.78, 5) is 0. The van der Waals surface area contributed by atoms with Crippen molar-refractivity contribution in [1.29, 1.82) is 0 Å². The Kier molecular flexibility index (Phi) is 4.39. The summed E-state index contributed by atoms with van der Waals surface area (Å²) in [6, 6.07) is 10.2. The molecule has 0 radical (unpaired) electrons. The fourth-order valence-corrected chi connectivity index (χ4v) is 1.16. The maximum absolute atomic E-state index is 5.56. The van der Waals surface area contributed by atoms with Crippen molar-refractivity contribution in [2.75, 3.05) is 6.61 Å². The highest BCUT2D eigenvalue weighted by atomic mass is 16.5. The van der Waals surface area contributed by atoms with Crippen LogP contribution in [0.25, 0.3) is 0 Å². The molecule has 0 aliphatic carbocycles. The normalized spacial score (nSPS) is 11.0. The van der Waals surface area contributed by atoms with Gasteiger partial charge in [0.25, 0.3) is 0 Å². The van der Waals surface area contributed by atoms with Crippen molar-refractivity contribution in [1.82, 2.24) is 0 Å². The number of benzene rings is 1. The van der Waals surface area contributed by atoms with Crippen LogP contribution in [0.4, 0.5) is 0 Å². The molecule has 0 bridgehead atoms. The number of rotatable bonds is 5. The molecule has 0 aliphatic heterocycles. The average Bonchev–Trinajstić information content (AvgIpc) is 2.26. The molecular formula is C14H18O. The minimum Gasteiger partial charge on any atom is -0.377 e. The molecule has 1 aromatic carbocycles. The zero-order valence-corrected chi connectivity index (χ0v) is 9.49. The van der Waals surface area contributed by atoms with Crippen LogP contribution in [-0.2, 0) is 11.3 Å². The van der Waals surface area contributed by atoms with Crippen molar-refractivity contribution in [2.45, 2.75) is 26.9 Å². The maximum atomic E-state index is 5.56. The summed E-state index contributed by atoms with van der Waals surface area (Å²) in [5, 5.41) is 0. The zero-order chi connectivity index (χ0) is 11.1.